The molecule has 0 bridgehead atoms. The van der Waals surface area contributed by atoms with E-state index >= 15 is 0 Å². The van der Waals surface area contributed by atoms with E-state index in [2.05, 4.69) is 10.2 Å². The molecule has 2 heterocycles. The first kappa shape index (κ1) is 18.5. The molecule has 1 unspecified atom stereocenters. The molecule has 1 N–H and O–H groups in total. The quantitative estimate of drug-likeness (QED) is 0.842. The van der Waals surface area contributed by atoms with Crippen LogP contribution < -0.4 is 5.32 Å². The molecule has 0 saturated carbocycles. The molecule has 0 spiro atoms. The van der Waals surface area contributed by atoms with Crippen molar-refractivity contribution in [1.29, 1.82) is 0 Å². The Morgan fingerprint density at radius 2 is 1.84 bits per heavy atom. The molecule has 2 amide bonds. The van der Waals surface area contributed by atoms with Crippen LogP contribution in [0.25, 0.3) is 0 Å². The number of halogens is 2. The lowest BCUT2D eigenvalue weighted by Gasteiger charge is -2.28. The fourth-order valence-corrected chi connectivity index (χ4v) is 3.65. The minimum Gasteiger partial charge on any atom is -0.379 e. The zero-order valence-corrected chi connectivity index (χ0v) is 15.4. The van der Waals surface area contributed by atoms with Crippen LogP contribution in [0.3, 0.4) is 0 Å². The number of rotatable bonds is 5. The van der Waals surface area contributed by atoms with Crippen molar-refractivity contribution in [1.82, 2.24) is 9.80 Å². The number of hydrogen-bond acceptors (Lipinski definition) is 4. The molecule has 0 aromatic heterocycles. The standard InChI is InChI=1S/C17H21Cl2N3O3/c18-13-8-14(19)10-15(9-13)20-17(24)12-7-16(23)22(11-12)2-1-21-3-5-25-6-4-21/h8-10,12H,1-7,11H2,(H,20,24). The first-order valence-electron chi connectivity index (χ1n) is 8.36. The van der Waals surface area contributed by atoms with E-state index in [1.165, 1.54) is 0 Å². The summed E-state index contributed by atoms with van der Waals surface area (Å²) >= 11 is 11.9. The third-order valence-electron chi connectivity index (χ3n) is 4.51. The highest BCUT2D eigenvalue weighted by molar-refractivity contribution is 6.35. The lowest BCUT2D eigenvalue weighted by atomic mass is 10.1. The molecule has 2 aliphatic rings. The Labute approximate surface area is 157 Å². The predicted octanol–water partition coefficient (Wildman–Crippen LogP) is 2.11. The Morgan fingerprint density at radius 1 is 1.16 bits per heavy atom. The monoisotopic (exact) mass is 385 g/mol. The van der Waals surface area contributed by atoms with Gasteiger partial charge in [-0.2, -0.15) is 0 Å². The first-order chi connectivity index (χ1) is 12.0. The minimum absolute atomic E-state index is 0.0255. The fraction of sp³-hybridized carbons (Fsp3) is 0.529. The summed E-state index contributed by atoms with van der Waals surface area (Å²) in [5.41, 5.74) is 0.543. The number of likely N-dealkylation sites (tertiary alicyclic amines) is 1. The summed E-state index contributed by atoms with van der Waals surface area (Å²) in [6.45, 7) is 5.16. The van der Waals surface area contributed by atoms with Crippen LogP contribution in [0.2, 0.25) is 10.0 Å². The van der Waals surface area contributed by atoms with Crippen molar-refractivity contribution in [3.63, 3.8) is 0 Å². The van der Waals surface area contributed by atoms with Crippen molar-refractivity contribution in [2.75, 3.05) is 51.3 Å². The third kappa shape index (κ3) is 5.07. The molecular weight excluding hydrogens is 365 g/mol. The van der Waals surface area contributed by atoms with Gasteiger partial charge in [0.2, 0.25) is 11.8 Å². The van der Waals surface area contributed by atoms with Crippen LogP contribution >= 0.6 is 23.2 Å². The molecule has 1 atom stereocenters. The largest absolute Gasteiger partial charge is 0.379 e. The lowest BCUT2D eigenvalue weighted by Crippen LogP contribution is -2.42. The van der Waals surface area contributed by atoms with Gasteiger partial charge < -0.3 is 15.0 Å². The van der Waals surface area contributed by atoms with E-state index in [0.717, 1.165) is 32.8 Å². The van der Waals surface area contributed by atoms with Crippen LogP contribution in [0, 0.1) is 5.92 Å². The van der Waals surface area contributed by atoms with Crippen molar-refractivity contribution in [3.05, 3.63) is 28.2 Å². The maximum Gasteiger partial charge on any atom is 0.229 e. The average Bonchev–Trinajstić information content (AvgIpc) is 2.94. The van der Waals surface area contributed by atoms with E-state index in [0.29, 0.717) is 28.8 Å². The van der Waals surface area contributed by atoms with Gasteiger partial charge in [0.1, 0.15) is 0 Å². The van der Waals surface area contributed by atoms with Gasteiger partial charge in [-0.05, 0) is 18.2 Å². The average molecular weight is 386 g/mol. The highest BCUT2D eigenvalue weighted by Crippen LogP contribution is 2.24. The second-order valence-corrected chi connectivity index (χ2v) is 7.22. The molecule has 2 aliphatic heterocycles. The predicted molar refractivity (Wildman–Crippen MR) is 97.0 cm³/mol. The summed E-state index contributed by atoms with van der Waals surface area (Å²) in [6, 6.07) is 4.88. The van der Waals surface area contributed by atoms with Crippen LogP contribution in [-0.2, 0) is 14.3 Å². The molecule has 136 valence electrons. The van der Waals surface area contributed by atoms with E-state index in [4.69, 9.17) is 27.9 Å². The van der Waals surface area contributed by atoms with Crippen LogP contribution in [0.4, 0.5) is 5.69 Å². The number of nitrogens with zero attached hydrogens (tertiary/aromatic N) is 2. The van der Waals surface area contributed by atoms with Gasteiger partial charge in [-0.25, -0.2) is 0 Å². The zero-order valence-electron chi connectivity index (χ0n) is 13.8. The number of carbonyl (C=O) groups excluding carboxylic acids is 2. The summed E-state index contributed by atoms with van der Waals surface area (Å²) in [7, 11) is 0. The van der Waals surface area contributed by atoms with E-state index < -0.39 is 0 Å². The minimum atomic E-state index is -0.352. The van der Waals surface area contributed by atoms with E-state index in [-0.39, 0.29) is 24.2 Å². The van der Waals surface area contributed by atoms with Crippen molar-refractivity contribution in [2.24, 2.45) is 5.92 Å². The summed E-state index contributed by atoms with van der Waals surface area (Å²) in [6.07, 6.45) is 0.239. The maximum absolute atomic E-state index is 12.4. The molecular formula is C17H21Cl2N3O3. The van der Waals surface area contributed by atoms with Gasteiger partial charge in [0.25, 0.3) is 0 Å². The maximum atomic E-state index is 12.4. The second kappa shape index (κ2) is 8.36. The van der Waals surface area contributed by atoms with Crippen LogP contribution in [0.5, 0.6) is 0 Å². The Morgan fingerprint density at radius 3 is 2.52 bits per heavy atom. The summed E-state index contributed by atoms with van der Waals surface area (Å²) < 4.78 is 5.32. The topological polar surface area (TPSA) is 61.9 Å². The van der Waals surface area contributed by atoms with Crippen LogP contribution in [-0.4, -0.2) is 67.6 Å². The molecule has 6 nitrogen and oxygen atoms in total. The Kier molecular flexibility index (Phi) is 6.17. The molecule has 3 rings (SSSR count). The second-order valence-electron chi connectivity index (χ2n) is 6.34. The van der Waals surface area contributed by atoms with Gasteiger partial charge in [-0.3, -0.25) is 14.5 Å². The molecule has 1 aromatic carbocycles. The van der Waals surface area contributed by atoms with Gasteiger partial charge >= 0.3 is 0 Å². The zero-order chi connectivity index (χ0) is 17.8. The third-order valence-corrected chi connectivity index (χ3v) is 4.94. The molecule has 1 aromatic rings. The van der Waals surface area contributed by atoms with Crippen molar-refractivity contribution in [3.8, 4) is 0 Å². The molecule has 0 radical (unpaired) electrons. The van der Waals surface area contributed by atoms with Crippen molar-refractivity contribution < 1.29 is 14.3 Å². The van der Waals surface area contributed by atoms with Gasteiger partial charge in [0.15, 0.2) is 0 Å². The number of morpholine rings is 1. The Hall–Kier alpha value is -1.34. The fourth-order valence-electron chi connectivity index (χ4n) is 3.12. The van der Waals surface area contributed by atoms with Crippen molar-refractivity contribution >= 4 is 40.7 Å². The lowest BCUT2D eigenvalue weighted by molar-refractivity contribution is -0.128. The summed E-state index contributed by atoms with van der Waals surface area (Å²) in [5.74, 6) is -0.506. The van der Waals surface area contributed by atoms with E-state index in [9.17, 15) is 9.59 Å². The number of benzene rings is 1. The molecule has 2 fully saturated rings. The highest BCUT2D eigenvalue weighted by Gasteiger charge is 2.34. The molecule has 25 heavy (non-hydrogen) atoms. The summed E-state index contributed by atoms with van der Waals surface area (Å²) in [4.78, 5) is 28.7. The van der Waals surface area contributed by atoms with Gasteiger partial charge in [0, 0.05) is 54.9 Å². The molecule has 2 saturated heterocycles. The smallest absolute Gasteiger partial charge is 0.229 e. The summed E-state index contributed by atoms with van der Waals surface area (Å²) in [5, 5.41) is 3.71. The van der Waals surface area contributed by atoms with Gasteiger partial charge in [-0.1, -0.05) is 23.2 Å². The number of amides is 2. The molecule has 8 heteroatoms. The van der Waals surface area contributed by atoms with E-state index in [1.807, 2.05) is 0 Å². The number of ether oxygens (including phenoxy) is 1. The van der Waals surface area contributed by atoms with Crippen LogP contribution in [0.1, 0.15) is 6.42 Å². The van der Waals surface area contributed by atoms with Crippen LogP contribution in [0.15, 0.2) is 18.2 Å². The first-order valence-corrected chi connectivity index (χ1v) is 9.12. The number of carbonyl (C=O) groups is 2. The normalized spacial score (nSPS) is 21.6. The van der Waals surface area contributed by atoms with Gasteiger partial charge in [0.05, 0.1) is 19.1 Å². The SMILES string of the molecule is O=C(Nc1cc(Cl)cc(Cl)c1)C1CC(=O)N(CCN2CCOCC2)C1. The van der Waals surface area contributed by atoms with Crippen molar-refractivity contribution in [2.45, 2.75) is 6.42 Å². The Balaban J connectivity index is 1.51. The number of anilines is 1. The number of hydrogen-bond donors (Lipinski definition) is 1. The Bertz CT molecular complexity index is 630. The van der Waals surface area contributed by atoms with Gasteiger partial charge in [-0.15, -0.1) is 0 Å². The highest BCUT2D eigenvalue weighted by atomic mass is 35.5. The number of nitrogens with one attached hydrogen (secondary N) is 1. The van der Waals surface area contributed by atoms with E-state index in [1.54, 1.807) is 23.1 Å². The molecule has 0 aliphatic carbocycles.